The Kier molecular flexibility index (Phi) is 4.44. The van der Waals surface area contributed by atoms with Crippen LogP contribution in [-0.2, 0) is 0 Å². The molecule has 1 N–H and O–H groups in total. The Morgan fingerprint density at radius 3 is 2.64 bits per heavy atom. The van der Waals surface area contributed by atoms with Crippen LogP contribution in [0, 0.1) is 0 Å². The van der Waals surface area contributed by atoms with Crippen LogP contribution in [0.3, 0.4) is 0 Å². The fraction of sp³-hybridized carbons (Fsp3) is 0.250. The van der Waals surface area contributed by atoms with Gasteiger partial charge in [0.2, 0.25) is 0 Å². The van der Waals surface area contributed by atoms with E-state index in [-0.39, 0.29) is 6.03 Å². The van der Waals surface area contributed by atoms with Crippen molar-refractivity contribution in [1.29, 1.82) is 0 Å². The van der Waals surface area contributed by atoms with Crippen LogP contribution >= 0.6 is 11.6 Å². The Balaban J connectivity index is 1.56. The van der Waals surface area contributed by atoms with Gasteiger partial charge in [-0.2, -0.15) is 0 Å². The molecule has 0 atom stereocenters. The van der Waals surface area contributed by atoms with Crippen molar-refractivity contribution in [2.45, 2.75) is 0 Å². The van der Waals surface area contributed by atoms with E-state index in [4.69, 9.17) is 11.6 Å². The maximum Gasteiger partial charge on any atom is 0.322 e. The van der Waals surface area contributed by atoms with E-state index in [1.165, 1.54) is 0 Å². The van der Waals surface area contributed by atoms with Crippen molar-refractivity contribution in [2.75, 3.05) is 36.4 Å². The number of piperazine rings is 1. The third kappa shape index (κ3) is 3.49. The fourth-order valence-electron chi connectivity index (χ4n) is 2.48. The van der Waals surface area contributed by atoms with Crippen molar-refractivity contribution in [1.82, 2.24) is 9.88 Å². The maximum atomic E-state index is 12.2. The van der Waals surface area contributed by atoms with Gasteiger partial charge in [-0.25, -0.2) is 4.79 Å². The van der Waals surface area contributed by atoms with Gasteiger partial charge in [0.25, 0.3) is 0 Å². The summed E-state index contributed by atoms with van der Waals surface area (Å²) in [6, 6.07) is 11.3. The topological polar surface area (TPSA) is 48.5 Å². The summed E-state index contributed by atoms with van der Waals surface area (Å²) in [6.07, 6.45) is 3.32. The first-order chi connectivity index (χ1) is 10.7. The molecule has 1 aliphatic heterocycles. The zero-order valence-electron chi connectivity index (χ0n) is 12.1. The minimum absolute atomic E-state index is 0.0845. The molecule has 1 saturated heterocycles. The molecule has 0 spiro atoms. The largest absolute Gasteiger partial charge is 0.368 e. The average Bonchev–Trinajstić information content (AvgIpc) is 2.56. The van der Waals surface area contributed by atoms with Crippen LogP contribution < -0.4 is 10.2 Å². The second-order valence-corrected chi connectivity index (χ2v) is 5.56. The van der Waals surface area contributed by atoms with Gasteiger partial charge in [-0.05, 0) is 30.3 Å². The minimum atomic E-state index is -0.0845. The number of benzene rings is 1. The van der Waals surface area contributed by atoms with Crippen LogP contribution in [0.1, 0.15) is 0 Å². The summed E-state index contributed by atoms with van der Waals surface area (Å²) in [5.74, 6) is 0. The van der Waals surface area contributed by atoms with Gasteiger partial charge in [0, 0.05) is 43.1 Å². The maximum absolute atomic E-state index is 12.2. The zero-order chi connectivity index (χ0) is 15.4. The van der Waals surface area contributed by atoms with Gasteiger partial charge < -0.3 is 15.1 Å². The summed E-state index contributed by atoms with van der Waals surface area (Å²) < 4.78 is 0. The fourth-order valence-corrected chi connectivity index (χ4v) is 2.66. The van der Waals surface area contributed by atoms with E-state index < -0.39 is 0 Å². The van der Waals surface area contributed by atoms with E-state index in [0.29, 0.717) is 18.8 Å². The number of pyridine rings is 1. The summed E-state index contributed by atoms with van der Waals surface area (Å²) in [4.78, 5) is 20.3. The van der Waals surface area contributed by atoms with Crippen LogP contribution in [0.4, 0.5) is 16.2 Å². The average molecular weight is 317 g/mol. The Bertz CT molecular complexity index is 642. The molecule has 0 bridgehead atoms. The Morgan fingerprint density at radius 2 is 1.95 bits per heavy atom. The molecule has 1 aromatic heterocycles. The number of anilines is 2. The van der Waals surface area contributed by atoms with Gasteiger partial charge in [-0.3, -0.25) is 4.98 Å². The molecule has 1 fully saturated rings. The number of hydrogen-bond acceptors (Lipinski definition) is 3. The van der Waals surface area contributed by atoms with Crippen LogP contribution in [0.25, 0.3) is 0 Å². The highest BCUT2D eigenvalue weighted by Crippen LogP contribution is 2.21. The van der Waals surface area contributed by atoms with Gasteiger partial charge >= 0.3 is 6.03 Å². The number of nitrogens with one attached hydrogen (secondary N) is 1. The number of rotatable bonds is 2. The van der Waals surface area contributed by atoms with Crippen molar-refractivity contribution in [3.63, 3.8) is 0 Å². The van der Waals surface area contributed by atoms with Gasteiger partial charge in [-0.1, -0.05) is 17.7 Å². The first kappa shape index (κ1) is 14.7. The van der Waals surface area contributed by atoms with Crippen LogP contribution in [0.5, 0.6) is 0 Å². The normalized spacial score (nSPS) is 14.8. The number of hydrogen-bond donors (Lipinski definition) is 1. The smallest absolute Gasteiger partial charge is 0.322 e. The van der Waals surface area contributed by atoms with Gasteiger partial charge in [0.15, 0.2) is 0 Å². The van der Waals surface area contributed by atoms with Crippen LogP contribution in [0.15, 0.2) is 48.8 Å². The summed E-state index contributed by atoms with van der Waals surface area (Å²) in [7, 11) is 0. The Labute approximate surface area is 134 Å². The lowest BCUT2D eigenvalue weighted by Gasteiger charge is -2.36. The second kappa shape index (κ2) is 6.66. The summed E-state index contributed by atoms with van der Waals surface area (Å²) in [5.41, 5.74) is 1.81. The molecule has 2 amide bonds. The quantitative estimate of drug-likeness (QED) is 0.926. The first-order valence-electron chi connectivity index (χ1n) is 7.19. The molecule has 22 heavy (non-hydrogen) atoms. The van der Waals surface area contributed by atoms with E-state index in [2.05, 4.69) is 15.2 Å². The number of carbonyl (C=O) groups is 1. The molecule has 2 heterocycles. The SMILES string of the molecule is O=C(Nc1cccnc1)N1CCN(c2cccc(Cl)c2)CC1. The number of aromatic nitrogens is 1. The number of carbonyl (C=O) groups excluding carboxylic acids is 1. The van der Waals surface area contributed by atoms with Gasteiger partial charge in [0.1, 0.15) is 0 Å². The van der Waals surface area contributed by atoms with Gasteiger partial charge in [-0.15, -0.1) is 0 Å². The molecule has 0 aliphatic carbocycles. The molecule has 3 rings (SSSR count). The standard InChI is InChI=1S/C16H17ClN4O/c17-13-3-1-5-15(11-13)20-7-9-21(10-8-20)16(22)19-14-4-2-6-18-12-14/h1-6,11-12H,7-10H2,(H,19,22). The summed E-state index contributed by atoms with van der Waals surface area (Å²) in [5, 5.41) is 3.59. The van der Waals surface area contributed by atoms with Crippen LogP contribution in [-0.4, -0.2) is 42.1 Å². The lowest BCUT2D eigenvalue weighted by Crippen LogP contribution is -2.50. The monoisotopic (exact) mass is 316 g/mol. The van der Waals surface area contributed by atoms with E-state index in [1.54, 1.807) is 18.5 Å². The predicted molar refractivity (Wildman–Crippen MR) is 88.5 cm³/mol. The highest BCUT2D eigenvalue weighted by molar-refractivity contribution is 6.30. The predicted octanol–water partition coefficient (Wildman–Crippen LogP) is 3.09. The summed E-state index contributed by atoms with van der Waals surface area (Å²) in [6.45, 7) is 2.94. The van der Waals surface area contributed by atoms with Crippen molar-refractivity contribution in [3.05, 3.63) is 53.8 Å². The lowest BCUT2D eigenvalue weighted by molar-refractivity contribution is 0.208. The number of amides is 2. The minimum Gasteiger partial charge on any atom is -0.368 e. The van der Waals surface area contributed by atoms with Crippen molar-refractivity contribution >= 4 is 29.0 Å². The Morgan fingerprint density at radius 1 is 1.14 bits per heavy atom. The molecule has 5 nitrogen and oxygen atoms in total. The van der Waals surface area contributed by atoms with E-state index in [9.17, 15) is 4.79 Å². The highest BCUT2D eigenvalue weighted by Gasteiger charge is 2.21. The molecular formula is C16H17ClN4O. The van der Waals surface area contributed by atoms with E-state index >= 15 is 0 Å². The van der Waals surface area contributed by atoms with Crippen LogP contribution in [0.2, 0.25) is 5.02 Å². The second-order valence-electron chi connectivity index (χ2n) is 5.13. The highest BCUT2D eigenvalue weighted by atomic mass is 35.5. The molecule has 1 aromatic carbocycles. The molecule has 114 valence electrons. The molecule has 0 radical (unpaired) electrons. The lowest BCUT2D eigenvalue weighted by atomic mass is 10.2. The number of halogens is 1. The molecule has 1 aliphatic rings. The molecule has 6 heteroatoms. The third-order valence-electron chi connectivity index (χ3n) is 3.65. The molecule has 0 saturated carbocycles. The molecule has 0 unspecified atom stereocenters. The number of nitrogens with zero attached hydrogens (tertiary/aromatic N) is 3. The molecule has 2 aromatic rings. The van der Waals surface area contributed by atoms with Crippen molar-refractivity contribution < 1.29 is 4.79 Å². The molecular weight excluding hydrogens is 300 g/mol. The van der Waals surface area contributed by atoms with Gasteiger partial charge in [0.05, 0.1) is 11.9 Å². The number of urea groups is 1. The van der Waals surface area contributed by atoms with Crippen molar-refractivity contribution in [2.24, 2.45) is 0 Å². The summed E-state index contributed by atoms with van der Waals surface area (Å²) >= 11 is 6.03. The van der Waals surface area contributed by atoms with E-state index in [0.717, 1.165) is 23.8 Å². The zero-order valence-corrected chi connectivity index (χ0v) is 12.8. The van der Waals surface area contributed by atoms with E-state index in [1.807, 2.05) is 35.2 Å². The first-order valence-corrected chi connectivity index (χ1v) is 7.56. The Hall–Kier alpha value is -2.27. The third-order valence-corrected chi connectivity index (χ3v) is 3.89. The van der Waals surface area contributed by atoms with Crippen molar-refractivity contribution in [3.8, 4) is 0 Å².